The molecule has 2 aliphatic rings. The SMILES string of the molecule is CC(C)(C)c1cc2c3c(c1)c1cc(-c4ccccc4)ccc1n3-c1cc(-c3nc(-c4cc(-c5ccccc5)cc(-c5ccccc5)c4)c4ccccc4n3)cc3c1B2c1cc(C(C)(C)C)cc2c4cc(-c5ccccc5)ccc4n-3c12. The molecule has 0 atom stereocenters. The van der Waals surface area contributed by atoms with Crippen LogP contribution in [0.5, 0.6) is 0 Å². The molecule has 11 aromatic carbocycles. The maximum atomic E-state index is 5.80. The van der Waals surface area contributed by atoms with E-state index >= 15 is 0 Å². The Morgan fingerprint density at radius 1 is 0.321 bits per heavy atom. The van der Waals surface area contributed by atoms with Crippen LogP contribution in [0.4, 0.5) is 0 Å². The van der Waals surface area contributed by atoms with E-state index < -0.39 is 0 Å². The maximum absolute atomic E-state index is 5.80. The lowest BCUT2D eigenvalue weighted by atomic mass is 9.34. The van der Waals surface area contributed by atoms with Crippen LogP contribution >= 0.6 is 0 Å². The third-order valence-corrected chi connectivity index (χ3v) is 17.5. The molecule has 4 nitrogen and oxygen atoms in total. The van der Waals surface area contributed by atoms with E-state index in [-0.39, 0.29) is 17.5 Å². The molecule has 384 valence electrons. The smallest absolute Gasteiger partial charge is 0.252 e. The third-order valence-electron chi connectivity index (χ3n) is 17.5. The van der Waals surface area contributed by atoms with E-state index in [1.54, 1.807) is 0 Å². The molecular weight excluding hydrogens is 980 g/mol. The van der Waals surface area contributed by atoms with E-state index in [0.29, 0.717) is 5.82 Å². The van der Waals surface area contributed by atoms with Crippen molar-refractivity contribution >= 4 is 77.6 Å². The van der Waals surface area contributed by atoms with Gasteiger partial charge >= 0.3 is 0 Å². The Morgan fingerprint density at radius 2 is 0.741 bits per heavy atom. The first kappa shape index (κ1) is 47.4. The number of benzene rings is 11. The van der Waals surface area contributed by atoms with Gasteiger partial charge in [-0.15, -0.1) is 0 Å². The molecule has 0 fully saturated rings. The van der Waals surface area contributed by atoms with Crippen molar-refractivity contribution in [2.75, 3.05) is 0 Å². The summed E-state index contributed by atoms with van der Waals surface area (Å²) in [7, 11) is 0. The third kappa shape index (κ3) is 7.38. The topological polar surface area (TPSA) is 35.6 Å². The summed E-state index contributed by atoms with van der Waals surface area (Å²) in [5.41, 5.74) is 26.9. The van der Waals surface area contributed by atoms with Crippen LogP contribution in [-0.4, -0.2) is 25.8 Å². The van der Waals surface area contributed by atoms with Crippen LogP contribution in [0.2, 0.25) is 0 Å². The number of nitrogens with zero attached hydrogens (tertiary/aromatic N) is 4. The highest BCUT2D eigenvalue weighted by Crippen LogP contribution is 2.45. The summed E-state index contributed by atoms with van der Waals surface area (Å²) in [6, 6.07) is 87.8. The first-order valence-corrected chi connectivity index (χ1v) is 28.5. The Bertz CT molecular complexity index is 4660. The highest BCUT2D eigenvalue weighted by Gasteiger charge is 2.43. The van der Waals surface area contributed by atoms with Crippen molar-refractivity contribution in [2.45, 2.75) is 52.4 Å². The average molecular weight is 1040 g/mol. The predicted molar refractivity (Wildman–Crippen MR) is 343 cm³/mol. The summed E-state index contributed by atoms with van der Waals surface area (Å²) in [5, 5.41) is 6.07. The Kier molecular flexibility index (Phi) is 10.2. The number of hydrogen-bond donors (Lipinski definition) is 0. The lowest BCUT2D eigenvalue weighted by Gasteiger charge is -2.35. The molecule has 2 aliphatic heterocycles. The number of rotatable bonds is 6. The fourth-order valence-corrected chi connectivity index (χ4v) is 13.5. The molecule has 81 heavy (non-hydrogen) atoms. The molecule has 5 heteroatoms. The normalized spacial score (nSPS) is 12.8. The highest BCUT2D eigenvalue weighted by molar-refractivity contribution is 7.00. The minimum absolute atomic E-state index is 0.0697. The molecule has 0 saturated carbocycles. The van der Waals surface area contributed by atoms with Gasteiger partial charge in [0.05, 0.1) is 22.2 Å². The second-order valence-electron chi connectivity index (χ2n) is 24.6. The van der Waals surface area contributed by atoms with Crippen LogP contribution in [-0.2, 0) is 10.8 Å². The lowest BCUT2D eigenvalue weighted by Crippen LogP contribution is -2.59. The summed E-state index contributed by atoms with van der Waals surface area (Å²) in [4.78, 5) is 11.4. The Balaban J connectivity index is 1.04. The van der Waals surface area contributed by atoms with Crippen molar-refractivity contribution in [3.05, 3.63) is 248 Å². The molecule has 0 unspecified atom stereocenters. The molecule has 0 bridgehead atoms. The van der Waals surface area contributed by atoms with Gasteiger partial charge in [0.1, 0.15) is 0 Å². The largest absolute Gasteiger partial charge is 0.310 e. The van der Waals surface area contributed by atoms with Crippen molar-refractivity contribution in [1.82, 2.24) is 19.1 Å². The molecule has 0 aliphatic carbocycles. The summed E-state index contributed by atoms with van der Waals surface area (Å²) in [6.07, 6.45) is 0. The minimum Gasteiger partial charge on any atom is -0.310 e. The second-order valence-corrected chi connectivity index (χ2v) is 24.6. The summed E-state index contributed by atoms with van der Waals surface area (Å²) >= 11 is 0. The predicted octanol–water partition coefficient (Wildman–Crippen LogP) is 17.6. The van der Waals surface area contributed by atoms with Crippen molar-refractivity contribution < 1.29 is 0 Å². The second kappa shape index (κ2) is 17.5. The van der Waals surface area contributed by atoms with E-state index in [1.807, 2.05) is 0 Å². The number of para-hydroxylation sites is 1. The van der Waals surface area contributed by atoms with Crippen LogP contribution in [0, 0.1) is 0 Å². The molecular formula is C76H57BN4. The van der Waals surface area contributed by atoms with Gasteiger partial charge in [0.25, 0.3) is 6.71 Å². The van der Waals surface area contributed by atoms with Crippen LogP contribution in [0.25, 0.3) is 133 Å². The van der Waals surface area contributed by atoms with Crippen LogP contribution in [0.3, 0.4) is 0 Å². The summed E-state index contributed by atoms with van der Waals surface area (Å²) in [6.45, 7) is 14.1. The van der Waals surface area contributed by atoms with Crippen molar-refractivity contribution in [1.29, 1.82) is 0 Å². The van der Waals surface area contributed by atoms with Crippen molar-refractivity contribution in [3.8, 4) is 78.5 Å². The molecule has 14 aromatic rings. The van der Waals surface area contributed by atoms with Gasteiger partial charge in [-0.3, -0.25) is 0 Å². The molecule has 3 aromatic heterocycles. The van der Waals surface area contributed by atoms with Crippen molar-refractivity contribution in [2.24, 2.45) is 0 Å². The fraction of sp³-hybridized carbons (Fsp3) is 0.105. The van der Waals surface area contributed by atoms with Crippen molar-refractivity contribution in [3.63, 3.8) is 0 Å². The van der Waals surface area contributed by atoms with Gasteiger partial charge in [-0.2, -0.15) is 0 Å². The lowest BCUT2D eigenvalue weighted by molar-refractivity contribution is 0.591. The van der Waals surface area contributed by atoms with E-state index in [9.17, 15) is 0 Å². The minimum atomic E-state index is -0.114. The van der Waals surface area contributed by atoms with Gasteiger partial charge in [-0.05, 0) is 156 Å². The zero-order chi connectivity index (χ0) is 54.5. The fourth-order valence-electron chi connectivity index (χ4n) is 13.5. The van der Waals surface area contributed by atoms with E-state index in [1.165, 1.54) is 93.4 Å². The molecule has 5 heterocycles. The number of aromatic nitrogens is 4. The molecule has 0 saturated heterocycles. The molecule has 0 spiro atoms. The van der Waals surface area contributed by atoms with Gasteiger partial charge in [0.2, 0.25) is 0 Å². The maximum Gasteiger partial charge on any atom is 0.252 e. The van der Waals surface area contributed by atoms with E-state index in [4.69, 9.17) is 9.97 Å². The quantitative estimate of drug-likeness (QED) is 0.156. The monoisotopic (exact) mass is 1040 g/mol. The Morgan fingerprint density at radius 3 is 1.20 bits per heavy atom. The molecule has 0 radical (unpaired) electrons. The number of hydrogen-bond acceptors (Lipinski definition) is 2. The summed E-state index contributed by atoms with van der Waals surface area (Å²) in [5.74, 6) is 0.687. The van der Waals surface area contributed by atoms with Crippen LogP contribution in [0.1, 0.15) is 52.7 Å². The molecule has 16 rings (SSSR count). The van der Waals surface area contributed by atoms with Gasteiger partial charge < -0.3 is 9.13 Å². The van der Waals surface area contributed by atoms with Gasteiger partial charge in [0, 0.05) is 60.5 Å². The first-order valence-electron chi connectivity index (χ1n) is 28.5. The summed E-state index contributed by atoms with van der Waals surface area (Å²) < 4.78 is 5.21. The van der Waals surface area contributed by atoms with E-state index in [2.05, 4.69) is 287 Å². The van der Waals surface area contributed by atoms with Gasteiger partial charge in [-0.25, -0.2) is 9.97 Å². The highest BCUT2D eigenvalue weighted by atomic mass is 15.0. The van der Waals surface area contributed by atoms with Crippen LogP contribution < -0.4 is 16.4 Å². The number of fused-ring (bicyclic) bond motifs is 11. The Labute approximate surface area is 472 Å². The molecule has 0 amide bonds. The standard InChI is InChI=1S/C76H57BN4/c1-75(2,3)56-42-61-59-38-50(46-21-11-7-12-22-46)31-33-66(59)80-68-40-55(74-78-65-30-20-19-29-58(65)71(79-74)54-36-52(48-25-15-9-16-26-48)35-53(37-54)49-27-17-10-18-28-49)41-69-70(68)77(63(44-56)72(61)80)64-45-57(76(4,5)6)43-62-60-39-51(47-23-13-8-14-24-47)32-34-67(60)81(69)73(62)64/h7-45H,1-6H3. The van der Waals surface area contributed by atoms with E-state index in [0.717, 1.165) is 61.4 Å². The Hall–Kier alpha value is -9.58. The zero-order valence-electron chi connectivity index (χ0n) is 46.4. The van der Waals surface area contributed by atoms with Gasteiger partial charge in [-0.1, -0.05) is 205 Å². The first-order chi connectivity index (χ1) is 39.4. The van der Waals surface area contributed by atoms with Crippen LogP contribution in [0.15, 0.2) is 237 Å². The molecule has 0 N–H and O–H groups in total. The average Bonchev–Trinajstić information content (AvgIpc) is 3.98. The van der Waals surface area contributed by atoms with Gasteiger partial charge in [0.15, 0.2) is 5.82 Å². The zero-order valence-corrected chi connectivity index (χ0v) is 46.4.